The van der Waals surface area contributed by atoms with E-state index in [4.69, 9.17) is 5.11 Å². The van der Waals surface area contributed by atoms with Crippen molar-refractivity contribution in [3.05, 3.63) is 0 Å². The zero-order valence-electron chi connectivity index (χ0n) is 12.1. The van der Waals surface area contributed by atoms with E-state index in [2.05, 4.69) is 5.32 Å². The number of hydrogen-bond donors (Lipinski definition) is 2. The highest BCUT2D eigenvalue weighted by molar-refractivity contribution is 5.85. The Kier molecular flexibility index (Phi) is 6.27. The minimum atomic E-state index is -1.06. The SMILES string of the molecule is CC(C)CN(CC(=O)O)C(=O)NCC(=O)N1CCCC1. The van der Waals surface area contributed by atoms with Gasteiger partial charge in [0.05, 0.1) is 6.54 Å². The van der Waals surface area contributed by atoms with Gasteiger partial charge in [-0.25, -0.2) is 4.79 Å². The Morgan fingerprint density at radius 3 is 2.35 bits per heavy atom. The average molecular weight is 285 g/mol. The van der Waals surface area contributed by atoms with E-state index < -0.39 is 12.0 Å². The molecule has 0 saturated carbocycles. The summed E-state index contributed by atoms with van der Waals surface area (Å²) in [6.07, 6.45) is 2.00. The molecule has 0 spiro atoms. The number of carboxylic acid groups (broad SMARTS) is 1. The van der Waals surface area contributed by atoms with E-state index in [1.165, 1.54) is 4.90 Å². The smallest absolute Gasteiger partial charge is 0.323 e. The number of hydrogen-bond acceptors (Lipinski definition) is 3. The van der Waals surface area contributed by atoms with Crippen molar-refractivity contribution in [2.75, 3.05) is 32.7 Å². The van der Waals surface area contributed by atoms with Gasteiger partial charge in [0.1, 0.15) is 6.54 Å². The number of likely N-dealkylation sites (tertiary alicyclic amines) is 1. The van der Waals surface area contributed by atoms with Gasteiger partial charge in [0, 0.05) is 19.6 Å². The molecule has 2 N–H and O–H groups in total. The highest BCUT2D eigenvalue weighted by atomic mass is 16.4. The lowest BCUT2D eigenvalue weighted by Crippen LogP contribution is -2.47. The molecule has 0 aromatic carbocycles. The van der Waals surface area contributed by atoms with Crippen LogP contribution >= 0.6 is 0 Å². The summed E-state index contributed by atoms with van der Waals surface area (Å²) in [5.41, 5.74) is 0. The minimum absolute atomic E-state index is 0.0763. The van der Waals surface area contributed by atoms with Gasteiger partial charge in [-0.15, -0.1) is 0 Å². The highest BCUT2D eigenvalue weighted by Gasteiger charge is 2.21. The van der Waals surface area contributed by atoms with Crippen LogP contribution in [0.15, 0.2) is 0 Å². The van der Waals surface area contributed by atoms with E-state index in [0.29, 0.717) is 6.54 Å². The Balaban J connectivity index is 2.43. The number of nitrogens with zero attached hydrogens (tertiary/aromatic N) is 2. The number of amides is 3. The molecule has 1 fully saturated rings. The third-order valence-corrected chi connectivity index (χ3v) is 3.05. The maximum atomic E-state index is 11.9. The Morgan fingerprint density at radius 1 is 1.25 bits per heavy atom. The standard InChI is InChI=1S/C13H23N3O4/c1-10(2)8-16(9-12(18)19)13(20)14-7-11(17)15-5-3-4-6-15/h10H,3-9H2,1-2H3,(H,14,20)(H,18,19). The first-order valence-corrected chi connectivity index (χ1v) is 6.92. The van der Waals surface area contributed by atoms with Crippen molar-refractivity contribution in [2.24, 2.45) is 5.92 Å². The number of nitrogens with one attached hydrogen (secondary N) is 1. The van der Waals surface area contributed by atoms with Crippen molar-refractivity contribution in [1.82, 2.24) is 15.1 Å². The lowest BCUT2D eigenvalue weighted by atomic mass is 10.2. The number of carbonyl (C=O) groups excluding carboxylic acids is 2. The van der Waals surface area contributed by atoms with Gasteiger partial charge in [-0.1, -0.05) is 13.8 Å². The molecule has 0 radical (unpaired) electrons. The molecule has 3 amide bonds. The molecule has 7 heteroatoms. The number of aliphatic carboxylic acids is 1. The topological polar surface area (TPSA) is 90.0 Å². The summed E-state index contributed by atoms with van der Waals surface area (Å²) >= 11 is 0. The second kappa shape index (κ2) is 7.72. The molecule has 1 heterocycles. The third kappa shape index (κ3) is 5.46. The van der Waals surface area contributed by atoms with Crippen LogP contribution in [0.1, 0.15) is 26.7 Å². The molecule has 0 aliphatic carbocycles. The molecule has 0 bridgehead atoms. The number of carbonyl (C=O) groups is 3. The Hall–Kier alpha value is -1.79. The zero-order valence-corrected chi connectivity index (χ0v) is 12.1. The van der Waals surface area contributed by atoms with Crippen LogP contribution in [0.2, 0.25) is 0 Å². The van der Waals surface area contributed by atoms with Gasteiger partial charge >= 0.3 is 12.0 Å². The number of rotatable bonds is 6. The van der Waals surface area contributed by atoms with E-state index in [1.807, 2.05) is 13.8 Å². The van der Waals surface area contributed by atoms with Crippen LogP contribution in [0.4, 0.5) is 4.79 Å². The molecule has 0 aromatic heterocycles. The van der Waals surface area contributed by atoms with Crippen LogP contribution in [-0.2, 0) is 9.59 Å². The largest absolute Gasteiger partial charge is 0.480 e. The molecule has 1 saturated heterocycles. The second-order valence-corrected chi connectivity index (χ2v) is 5.41. The first-order chi connectivity index (χ1) is 9.40. The summed E-state index contributed by atoms with van der Waals surface area (Å²) in [7, 11) is 0. The summed E-state index contributed by atoms with van der Waals surface area (Å²) in [6.45, 7) is 5.18. The summed E-state index contributed by atoms with van der Waals surface area (Å²) in [5, 5.41) is 11.3. The molecule has 1 rings (SSSR count). The van der Waals surface area contributed by atoms with Crippen LogP contribution in [0.25, 0.3) is 0 Å². The van der Waals surface area contributed by atoms with E-state index in [0.717, 1.165) is 25.9 Å². The van der Waals surface area contributed by atoms with Crippen molar-refractivity contribution in [1.29, 1.82) is 0 Å². The zero-order chi connectivity index (χ0) is 15.1. The Labute approximate surface area is 118 Å². The monoisotopic (exact) mass is 285 g/mol. The third-order valence-electron chi connectivity index (χ3n) is 3.05. The van der Waals surface area contributed by atoms with Crippen molar-refractivity contribution in [3.8, 4) is 0 Å². The maximum Gasteiger partial charge on any atom is 0.323 e. The van der Waals surface area contributed by atoms with Crippen molar-refractivity contribution in [3.63, 3.8) is 0 Å². The molecule has 0 unspecified atom stereocenters. The van der Waals surface area contributed by atoms with E-state index in [-0.39, 0.29) is 24.9 Å². The quantitative estimate of drug-likeness (QED) is 0.737. The normalized spacial score (nSPS) is 14.4. The lowest BCUT2D eigenvalue weighted by Gasteiger charge is -2.23. The summed E-state index contributed by atoms with van der Waals surface area (Å²) < 4.78 is 0. The van der Waals surface area contributed by atoms with Gasteiger partial charge in [-0.3, -0.25) is 9.59 Å². The fraction of sp³-hybridized carbons (Fsp3) is 0.769. The molecule has 1 aliphatic rings. The maximum absolute atomic E-state index is 11.9. The summed E-state index contributed by atoms with van der Waals surface area (Å²) in [5.74, 6) is -1.02. The summed E-state index contributed by atoms with van der Waals surface area (Å²) in [6, 6.07) is -0.506. The van der Waals surface area contributed by atoms with E-state index in [1.54, 1.807) is 4.90 Å². The first kappa shape index (κ1) is 16.3. The van der Waals surface area contributed by atoms with Crippen molar-refractivity contribution in [2.45, 2.75) is 26.7 Å². The molecular formula is C13H23N3O4. The van der Waals surface area contributed by atoms with Gasteiger partial charge in [0.2, 0.25) is 5.91 Å². The molecule has 7 nitrogen and oxygen atoms in total. The Bertz CT molecular complexity index is 365. The van der Waals surface area contributed by atoms with E-state index >= 15 is 0 Å². The molecule has 1 aliphatic heterocycles. The van der Waals surface area contributed by atoms with Gasteiger partial charge in [0.25, 0.3) is 0 Å². The lowest BCUT2D eigenvalue weighted by molar-refractivity contribution is -0.137. The second-order valence-electron chi connectivity index (χ2n) is 5.41. The van der Waals surface area contributed by atoms with Crippen molar-refractivity contribution >= 4 is 17.9 Å². The number of carboxylic acids is 1. The highest BCUT2D eigenvalue weighted by Crippen LogP contribution is 2.07. The van der Waals surface area contributed by atoms with Gasteiger partial charge in [-0.2, -0.15) is 0 Å². The number of urea groups is 1. The fourth-order valence-electron chi connectivity index (χ4n) is 2.16. The molecule has 0 atom stereocenters. The predicted octanol–water partition coefficient (Wildman–Crippen LogP) is 0.361. The van der Waals surface area contributed by atoms with Gasteiger partial charge in [-0.05, 0) is 18.8 Å². The molecular weight excluding hydrogens is 262 g/mol. The van der Waals surface area contributed by atoms with Crippen LogP contribution < -0.4 is 5.32 Å². The van der Waals surface area contributed by atoms with Gasteiger partial charge < -0.3 is 20.2 Å². The van der Waals surface area contributed by atoms with Crippen LogP contribution in [-0.4, -0.2) is 65.5 Å². The Morgan fingerprint density at radius 2 is 1.85 bits per heavy atom. The molecule has 114 valence electrons. The van der Waals surface area contributed by atoms with Gasteiger partial charge in [0.15, 0.2) is 0 Å². The van der Waals surface area contributed by atoms with Crippen LogP contribution in [0.5, 0.6) is 0 Å². The minimum Gasteiger partial charge on any atom is -0.480 e. The van der Waals surface area contributed by atoms with E-state index in [9.17, 15) is 14.4 Å². The summed E-state index contributed by atoms with van der Waals surface area (Å²) in [4.78, 5) is 37.4. The first-order valence-electron chi connectivity index (χ1n) is 6.92. The average Bonchev–Trinajstić information content (AvgIpc) is 2.87. The molecule has 0 aromatic rings. The van der Waals surface area contributed by atoms with Crippen LogP contribution in [0, 0.1) is 5.92 Å². The molecule has 20 heavy (non-hydrogen) atoms. The predicted molar refractivity (Wildman–Crippen MR) is 73.3 cm³/mol. The van der Waals surface area contributed by atoms with Crippen LogP contribution in [0.3, 0.4) is 0 Å². The fourth-order valence-corrected chi connectivity index (χ4v) is 2.16. The van der Waals surface area contributed by atoms with Crippen molar-refractivity contribution < 1.29 is 19.5 Å².